The summed E-state index contributed by atoms with van der Waals surface area (Å²) in [5.74, 6) is -0.349. The molecule has 1 aliphatic carbocycles. The quantitative estimate of drug-likeness (QED) is 0.825. The molecule has 1 amide bonds. The fraction of sp³-hybridized carbons (Fsp3) is 0.667. The first kappa shape index (κ1) is 13.5. The van der Waals surface area contributed by atoms with E-state index in [1.165, 1.54) is 0 Å². The molecule has 19 heavy (non-hydrogen) atoms. The van der Waals surface area contributed by atoms with Crippen molar-refractivity contribution in [2.24, 2.45) is 5.41 Å². The van der Waals surface area contributed by atoms with Gasteiger partial charge in [0.25, 0.3) is 0 Å². The summed E-state index contributed by atoms with van der Waals surface area (Å²) < 4.78 is 4.87. The number of carbonyl (C=O) groups excluding carboxylic acids is 1. The second-order valence-corrected chi connectivity index (χ2v) is 4.98. The molecule has 1 aliphatic rings. The molecule has 104 valence electrons. The molecule has 0 spiro atoms. The van der Waals surface area contributed by atoms with Gasteiger partial charge in [-0.2, -0.15) is 4.98 Å². The number of carbonyl (C=O) groups is 2. The summed E-state index contributed by atoms with van der Waals surface area (Å²) in [6, 6.07) is 0. The molecule has 1 fully saturated rings. The number of aromatic nitrogens is 2. The van der Waals surface area contributed by atoms with Crippen LogP contribution in [0.25, 0.3) is 0 Å². The monoisotopic (exact) mass is 267 g/mol. The van der Waals surface area contributed by atoms with E-state index < -0.39 is 11.4 Å². The number of amides is 1. The first-order valence-electron chi connectivity index (χ1n) is 6.31. The van der Waals surface area contributed by atoms with Gasteiger partial charge >= 0.3 is 5.97 Å². The number of rotatable bonds is 5. The fourth-order valence-corrected chi connectivity index (χ4v) is 2.47. The standard InChI is InChI=1S/C12H17N3O4/c1-8-14-10(19-15-8)7-13-9(16)6-12(11(17)18)4-2-3-5-12/h2-7H2,1H3,(H,13,16)(H,17,18). The van der Waals surface area contributed by atoms with E-state index >= 15 is 0 Å². The molecule has 1 heterocycles. The third-order valence-corrected chi connectivity index (χ3v) is 3.52. The van der Waals surface area contributed by atoms with Crippen LogP contribution in [0.1, 0.15) is 43.8 Å². The maximum absolute atomic E-state index is 11.8. The van der Waals surface area contributed by atoms with Gasteiger partial charge in [-0.25, -0.2) is 0 Å². The lowest BCUT2D eigenvalue weighted by molar-refractivity contribution is -0.151. The summed E-state index contributed by atoms with van der Waals surface area (Å²) in [6.45, 7) is 1.82. The zero-order valence-electron chi connectivity index (χ0n) is 10.8. The normalized spacial score (nSPS) is 17.3. The molecule has 0 saturated heterocycles. The van der Waals surface area contributed by atoms with E-state index in [-0.39, 0.29) is 18.9 Å². The number of aryl methyl sites for hydroxylation is 1. The topological polar surface area (TPSA) is 105 Å². The molecule has 1 aromatic rings. The lowest BCUT2D eigenvalue weighted by atomic mass is 9.82. The van der Waals surface area contributed by atoms with Crippen molar-refractivity contribution in [3.8, 4) is 0 Å². The summed E-state index contributed by atoms with van der Waals surface area (Å²) in [5.41, 5.74) is -0.894. The second-order valence-electron chi connectivity index (χ2n) is 4.98. The van der Waals surface area contributed by atoms with Gasteiger partial charge in [-0.3, -0.25) is 9.59 Å². The predicted octanol–water partition coefficient (Wildman–Crippen LogP) is 1.03. The molecule has 0 aliphatic heterocycles. The Labute approximate surface area is 110 Å². The summed E-state index contributed by atoms with van der Waals surface area (Å²) in [6.07, 6.45) is 2.87. The number of nitrogens with zero attached hydrogens (tertiary/aromatic N) is 2. The van der Waals surface area contributed by atoms with Crippen LogP contribution >= 0.6 is 0 Å². The number of aliphatic carboxylic acids is 1. The summed E-state index contributed by atoms with van der Waals surface area (Å²) in [4.78, 5) is 27.1. The fourth-order valence-electron chi connectivity index (χ4n) is 2.47. The number of carboxylic acids is 1. The second kappa shape index (κ2) is 5.38. The maximum atomic E-state index is 11.8. The Morgan fingerprint density at radius 2 is 2.11 bits per heavy atom. The smallest absolute Gasteiger partial charge is 0.310 e. The van der Waals surface area contributed by atoms with E-state index in [9.17, 15) is 14.7 Å². The van der Waals surface area contributed by atoms with Crippen LogP contribution in [-0.2, 0) is 16.1 Å². The molecule has 0 aromatic carbocycles. The van der Waals surface area contributed by atoms with Crippen LogP contribution in [0.4, 0.5) is 0 Å². The minimum atomic E-state index is -0.894. The van der Waals surface area contributed by atoms with Gasteiger partial charge in [0.15, 0.2) is 5.82 Å². The zero-order valence-corrected chi connectivity index (χ0v) is 10.8. The molecular weight excluding hydrogens is 250 g/mol. The summed E-state index contributed by atoms with van der Waals surface area (Å²) in [5, 5.41) is 15.5. The highest BCUT2D eigenvalue weighted by molar-refractivity contribution is 5.85. The molecule has 0 radical (unpaired) electrons. The predicted molar refractivity (Wildman–Crippen MR) is 64.0 cm³/mol. The Balaban J connectivity index is 1.88. The first-order valence-corrected chi connectivity index (χ1v) is 6.31. The molecule has 1 saturated carbocycles. The van der Waals surface area contributed by atoms with E-state index in [0.29, 0.717) is 24.6 Å². The van der Waals surface area contributed by atoms with Gasteiger partial charge in [-0.15, -0.1) is 0 Å². The van der Waals surface area contributed by atoms with Crippen molar-refractivity contribution >= 4 is 11.9 Å². The minimum Gasteiger partial charge on any atom is -0.481 e. The van der Waals surface area contributed by atoms with Gasteiger partial charge in [0.2, 0.25) is 11.8 Å². The number of nitrogens with one attached hydrogen (secondary N) is 1. The summed E-state index contributed by atoms with van der Waals surface area (Å²) >= 11 is 0. The first-order chi connectivity index (χ1) is 9.02. The van der Waals surface area contributed by atoms with Crippen LogP contribution < -0.4 is 5.32 Å². The van der Waals surface area contributed by atoms with Gasteiger partial charge in [-0.1, -0.05) is 18.0 Å². The van der Waals surface area contributed by atoms with Crippen molar-refractivity contribution in [3.63, 3.8) is 0 Å². The average Bonchev–Trinajstić information content (AvgIpc) is 2.97. The van der Waals surface area contributed by atoms with E-state index in [2.05, 4.69) is 15.5 Å². The third kappa shape index (κ3) is 3.10. The number of hydrogen-bond donors (Lipinski definition) is 2. The molecular formula is C12H17N3O4. The van der Waals surface area contributed by atoms with Gasteiger partial charge in [0, 0.05) is 6.42 Å². The van der Waals surface area contributed by atoms with Gasteiger partial charge in [0.1, 0.15) is 0 Å². The van der Waals surface area contributed by atoms with Crippen molar-refractivity contribution in [2.75, 3.05) is 0 Å². The van der Waals surface area contributed by atoms with Crippen LogP contribution in [0.15, 0.2) is 4.52 Å². The van der Waals surface area contributed by atoms with Crippen LogP contribution in [0.2, 0.25) is 0 Å². The van der Waals surface area contributed by atoms with Crippen molar-refractivity contribution in [2.45, 2.75) is 45.6 Å². The van der Waals surface area contributed by atoms with E-state index in [0.717, 1.165) is 12.8 Å². The van der Waals surface area contributed by atoms with Crippen molar-refractivity contribution in [1.29, 1.82) is 0 Å². The molecule has 0 unspecified atom stereocenters. The number of carboxylic acid groups (broad SMARTS) is 1. The minimum absolute atomic E-state index is 0.00938. The van der Waals surface area contributed by atoms with E-state index in [1.54, 1.807) is 6.92 Å². The Bertz CT molecular complexity index is 477. The highest BCUT2D eigenvalue weighted by Crippen LogP contribution is 2.41. The zero-order chi connectivity index (χ0) is 13.9. The third-order valence-electron chi connectivity index (χ3n) is 3.52. The van der Waals surface area contributed by atoms with Gasteiger partial charge in [-0.05, 0) is 19.8 Å². The molecule has 2 rings (SSSR count). The van der Waals surface area contributed by atoms with Crippen molar-refractivity contribution in [3.05, 3.63) is 11.7 Å². The molecule has 2 N–H and O–H groups in total. The molecule has 1 aromatic heterocycles. The lowest BCUT2D eigenvalue weighted by Crippen LogP contribution is -2.35. The van der Waals surface area contributed by atoms with Gasteiger partial charge in [0.05, 0.1) is 12.0 Å². The molecule has 0 atom stereocenters. The van der Waals surface area contributed by atoms with E-state index in [4.69, 9.17) is 4.52 Å². The highest BCUT2D eigenvalue weighted by Gasteiger charge is 2.42. The average molecular weight is 267 g/mol. The van der Waals surface area contributed by atoms with Crippen LogP contribution in [0.5, 0.6) is 0 Å². The van der Waals surface area contributed by atoms with Crippen molar-refractivity contribution in [1.82, 2.24) is 15.5 Å². The SMILES string of the molecule is Cc1noc(CNC(=O)CC2(C(=O)O)CCCC2)n1. The molecule has 7 nitrogen and oxygen atoms in total. The maximum Gasteiger partial charge on any atom is 0.310 e. The van der Waals surface area contributed by atoms with Gasteiger partial charge < -0.3 is 14.9 Å². The highest BCUT2D eigenvalue weighted by atomic mass is 16.5. The Morgan fingerprint density at radius 3 is 2.63 bits per heavy atom. The van der Waals surface area contributed by atoms with Crippen LogP contribution in [0.3, 0.4) is 0 Å². The molecule has 0 bridgehead atoms. The Morgan fingerprint density at radius 1 is 1.42 bits per heavy atom. The number of hydrogen-bond acceptors (Lipinski definition) is 5. The Kier molecular flexibility index (Phi) is 3.82. The Hall–Kier alpha value is -1.92. The van der Waals surface area contributed by atoms with E-state index in [1.807, 2.05) is 0 Å². The van der Waals surface area contributed by atoms with Crippen LogP contribution in [-0.4, -0.2) is 27.1 Å². The lowest BCUT2D eigenvalue weighted by Gasteiger charge is -2.22. The molecule has 7 heteroatoms. The van der Waals surface area contributed by atoms with Crippen LogP contribution in [0, 0.1) is 12.3 Å². The largest absolute Gasteiger partial charge is 0.481 e. The summed E-state index contributed by atoms with van der Waals surface area (Å²) in [7, 11) is 0. The van der Waals surface area contributed by atoms with Crippen molar-refractivity contribution < 1.29 is 19.2 Å².